The van der Waals surface area contributed by atoms with Crippen molar-refractivity contribution in [2.45, 2.75) is 12.8 Å². The number of nitro groups is 1. The fourth-order valence-corrected chi connectivity index (χ4v) is 3.07. The van der Waals surface area contributed by atoms with Crippen molar-refractivity contribution in [3.8, 4) is 0 Å². The smallest absolute Gasteiger partial charge is 0.306 e. The molecule has 0 spiro atoms. The lowest BCUT2D eigenvalue weighted by Gasteiger charge is -2.16. The average Bonchev–Trinajstić information content (AvgIpc) is 3.05. The predicted octanol–water partition coefficient (Wildman–Crippen LogP) is 2.58. The normalized spacial score (nSPS) is 16.3. The summed E-state index contributed by atoms with van der Waals surface area (Å²) in [6.45, 7) is 0.390. The van der Waals surface area contributed by atoms with Crippen molar-refractivity contribution in [3.05, 3.63) is 69.8 Å². The molecule has 0 saturated carbocycles. The summed E-state index contributed by atoms with van der Waals surface area (Å²) in [6.07, 6.45) is 0.480. The van der Waals surface area contributed by atoms with E-state index in [4.69, 9.17) is 0 Å². The zero-order valence-corrected chi connectivity index (χ0v) is 14.7. The van der Waals surface area contributed by atoms with Crippen LogP contribution in [0.1, 0.15) is 12.0 Å². The molecule has 1 heterocycles. The molecule has 9 heteroatoms. The number of amides is 2. The molecule has 2 amide bonds. The summed E-state index contributed by atoms with van der Waals surface area (Å²) in [7, 11) is 0. The van der Waals surface area contributed by atoms with Crippen molar-refractivity contribution >= 4 is 23.2 Å². The van der Waals surface area contributed by atoms with Crippen molar-refractivity contribution < 1.29 is 23.3 Å². The number of nitrogens with one attached hydrogen (secondary N) is 1. The van der Waals surface area contributed by atoms with Crippen LogP contribution in [0.2, 0.25) is 0 Å². The van der Waals surface area contributed by atoms with Gasteiger partial charge in [-0.25, -0.2) is 4.39 Å². The van der Waals surface area contributed by atoms with Crippen LogP contribution >= 0.6 is 0 Å². The van der Waals surface area contributed by atoms with Crippen molar-refractivity contribution in [2.75, 3.05) is 18.0 Å². The highest BCUT2D eigenvalue weighted by atomic mass is 19.1. The summed E-state index contributed by atoms with van der Waals surface area (Å²) >= 11 is 0. The molecule has 1 unspecified atom stereocenters. The topological polar surface area (TPSA) is 92.6 Å². The molecule has 2 aromatic rings. The zero-order chi connectivity index (χ0) is 20.3. The van der Waals surface area contributed by atoms with Gasteiger partial charge in [-0.1, -0.05) is 12.1 Å². The molecule has 2 aromatic carbocycles. The Bertz CT molecular complexity index is 918. The minimum atomic E-state index is -0.990. The van der Waals surface area contributed by atoms with Crippen LogP contribution in [0, 0.1) is 27.7 Å². The van der Waals surface area contributed by atoms with Crippen molar-refractivity contribution in [1.82, 2.24) is 5.32 Å². The third kappa shape index (κ3) is 4.30. The Labute approximate surface area is 159 Å². The average molecular weight is 389 g/mol. The Hall–Kier alpha value is -3.36. The number of hydrogen-bond donors (Lipinski definition) is 1. The van der Waals surface area contributed by atoms with Crippen LogP contribution in [0.3, 0.4) is 0 Å². The maximum absolute atomic E-state index is 13.5. The van der Waals surface area contributed by atoms with E-state index in [-0.39, 0.29) is 36.3 Å². The second-order valence-corrected chi connectivity index (χ2v) is 6.47. The van der Waals surface area contributed by atoms with Gasteiger partial charge in [-0.3, -0.25) is 19.7 Å². The third-order valence-electron chi connectivity index (χ3n) is 4.56. The highest BCUT2D eigenvalue weighted by Gasteiger charge is 2.35. The molecular formula is C19H17F2N3O4. The number of nitro benzene ring substituents is 1. The molecule has 1 aliphatic rings. The van der Waals surface area contributed by atoms with E-state index in [1.165, 1.54) is 23.1 Å². The summed E-state index contributed by atoms with van der Waals surface area (Å²) in [6, 6.07) is 9.13. The Morgan fingerprint density at radius 3 is 2.61 bits per heavy atom. The van der Waals surface area contributed by atoms with Gasteiger partial charge in [0.25, 0.3) is 0 Å². The Morgan fingerprint density at radius 2 is 1.93 bits per heavy atom. The van der Waals surface area contributed by atoms with E-state index in [9.17, 15) is 28.5 Å². The van der Waals surface area contributed by atoms with Gasteiger partial charge in [0.15, 0.2) is 0 Å². The van der Waals surface area contributed by atoms with Gasteiger partial charge in [0, 0.05) is 25.6 Å². The number of nitrogens with zero attached hydrogens (tertiary/aromatic N) is 2. The maximum atomic E-state index is 13.5. The Balaban J connectivity index is 1.59. The van der Waals surface area contributed by atoms with Crippen molar-refractivity contribution in [1.29, 1.82) is 0 Å². The van der Waals surface area contributed by atoms with Gasteiger partial charge in [-0.2, -0.15) is 4.39 Å². The van der Waals surface area contributed by atoms with Crippen LogP contribution in [0.25, 0.3) is 0 Å². The monoisotopic (exact) mass is 389 g/mol. The number of rotatable bonds is 6. The van der Waals surface area contributed by atoms with E-state index >= 15 is 0 Å². The van der Waals surface area contributed by atoms with Crippen LogP contribution in [0.15, 0.2) is 42.5 Å². The molecule has 3 rings (SSSR count). The van der Waals surface area contributed by atoms with Crippen LogP contribution in [0.5, 0.6) is 0 Å². The highest BCUT2D eigenvalue weighted by Crippen LogP contribution is 2.29. The first-order valence-corrected chi connectivity index (χ1v) is 8.61. The first-order valence-electron chi connectivity index (χ1n) is 8.61. The van der Waals surface area contributed by atoms with Gasteiger partial charge in [0.2, 0.25) is 17.6 Å². The zero-order valence-electron chi connectivity index (χ0n) is 14.7. The van der Waals surface area contributed by atoms with Gasteiger partial charge in [-0.15, -0.1) is 0 Å². The molecule has 7 nitrogen and oxygen atoms in total. The molecule has 0 aromatic heterocycles. The fourth-order valence-electron chi connectivity index (χ4n) is 3.07. The molecule has 28 heavy (non-hydrogen) atoms. The number of anilines is 1. The van der Waals surface area contributed by atoms with Crippen LogP contribution in [0.4, 0.5) is 20.2 Å². The predicted molar refractivity (Wildman–Crippen MR) is 96.6 cm³/mol. The number of halogens is 2. The van der Waals surface area contributed by atoms with Crippen LogP contribution in [-0.2, 0) is 16.0 Å². The van der Waals surface area contributed by atoms with Gasteiger partial charge in [0.1, 0.15) is 5.82 Å². The van der Waals surface area contributed by atoms with E-state index in [0.717, 1.165) is 17.7 Å². The standard InChI is InChI=1S/C19H17F2N3O4/c20-14-3-1-12(2-4-14)7-8-22-19(26)13-9-18(25)23(11-13)15-5-6-16(21)17(10-15)24(27)28/h1-6,10,13H,7-9,11H2,(H,22,26). The second-order valence-electron chi connectivity index (χ2n) is 6.47. The van der Waals surface area contributed by atoms with E-state index in [0.29, 0.717) is 13.0 Å². The molecule has 1 saturated heterocycles. The van der Waals surface area contributed by atoms with Crippen molar-refractivity contribution in [3.63, 3.8) is 0 Å². The minimum Gasteiger partial charge on any atom is -0.355 e. The van der Waals surface area contributed by atoms with E-state index in [1.807, 2.05) is 0 Å². The summed E-state index contributed by atoms with van der Waals surface area (Å²) in [5.74, 6) is -2.60. The SMILES string of the molecule is O=C(NCCc1ccc(F)cc1)C1CC(=O)N(c2ccc(F)c([N+](=O)[O-])c2)C1. The van der Waals surface area contributed by atoms with Crippen LogP contribution < -0.4 is 10.2 Å². The Kier molecular flexibility index (Phi) is 5.62. The maximum Gasteiger partial charge on any atom is 0.306 e. The minimum absolute atomic E-state index is 0.0342. The molecule has 146 valence electrons. The summed E-state index contributed by atoms with van der Waals surface area (Å²) in [4.78, 5) is 35.8. The van der Waals surface area contributed by atoms with Crippen LogP contribution in [-0.4, -0.2) is 29.8 Å². The van der Waals surface area contributed by atoms with E-state index in [2.05, 4.69) is 5.32 Å². The molecule has 0 bridgehead atoms. The second kappa shape index (κ2) is 8.12. The quantitative estimate of drug-likeness (QED) is 0.607. The van der Waals surface area contributed by atoms with Gasteiger partial charge < -0.3 is 10.2 Å². The van der Waals surface area contributed by atoms with Gasteiger partial charge in [0.05, 0.1) is 16.5 Å². The largest absolute Gasteiger partial charge is 0.355 e. The van der Waals surface area contributed by atoms with Gasteiger partial charge in [-0.05, 0) is 36.2 Å². The molecular weight excluding hydrogens is 372 g/mol. The third-order valence-corrected chi connectivity index (χ3v) is 4.56. The molecule has 0 aliphatic carbocycles. The number of hydrogen-bond acceptors (Lipinski definition) is 4. The molecule has 1 atom stereocenters. The summed E-state index contributed by atoms with van der Waals surface area (Å²) in [5.41, 5.74) is 0.321. The molecule has 1 N–H and O–H groups in total. The molecule has 1 fully saturated rings. The Morgan fingerprint density at radius 1 is 1.21 bits per heavy atom. The summed E-state index contributed by atoms with van der Waals surface area (Å²) in [5, 5.41) is 13.6. The number of carbonyl (C=O) groups excluding carboxylic acids is 2. The number of carbonyl (C=O) groups is 2. The van der Waals surface area contributed by atoms with E-state index < -0.39 is 22.3 Å². The lowest BCUT2D eigenvalue weighted by Crippen LogP contribution is -2.34. The first-order chi connectivity index (χ1) is 13.3. The number of benzene rings is 2. The lowest BCUT2D eigenvalue weighted by molar-refractivity contribution is -0.387. The van der Waals surface area contributed by atoms with E-state index in [1.54, 1.807) is 12.1 Å². The molecule has 0 radical (unpaired) electrons. The molecule has 1 aliphatic heterocycles. The van der Waals surface area contributed by atoms with Gasteiger partial charge >= 0.3 is 5.69 Å². The summed E-state index contributed by atoms with van der Waals surface area (Å²) < 4.78 is 26.4. The fraction of sp³-hybridized carbons (Fsp3) is 0.263. The van der Waals surface area contributed by atoms with Crippen molar-refractivity contribution in [2.24, 2.45) is 5.92 Å². The lowest BCUT2D eigenvalue weighted by atomic mass is 10.1. The highest BCUT2D eigenvalue weighted by molar-refractivity contribution is 6.00. The first kappa shape index (κ1) is 19.4.